The van der Waals surface area contributed by atoms with Gasteiger partial charge in [-0.15, -0.1) is 0 Å². The Kier molecular flexibility index (Phi) is 8.03. The molecule has 0 bridgehead atoms. The van der Waals surface area contributed by atoms with Crippen LogP contribution in [-0.2, 0) is 17.3 Å². The number of nitrogens with one attached hydrogen (secondary N) is 2. The second-order valence-electron chi connectivity index (χ2n) is 10.2. The lowest BCUT2D eigenvalue weighted by Gasteiger charge is -2.27. The number of hydrogen-bond acceptors (Lipinski definition) is 8. The maximum absolute atomic E-state index is 13.2. The fourth-order valence-electron chi connectivity index (χ4n) is 5.39. The second kappa shape index (κ2) is 11.3. The lowest BCUT2D eigenvalue weighted by molar-refractivity contribution is 0.0817. The summed E-state index contributed by atoms with van der Waals surface area (Å²) in [5, 5.41) is 16.5. The van der Waals surface area contributed by atoms with Gasteiger partial charge in [-0.05, 0) is 66.5 Å². The van der Waals surface area contributed by atoms with Gasteiger partial charge in [0.15, 0.2) is 5.82 Å². The molecular weight excluding hydrogens is 557 g/mol. The molecule has 5 N–H and O–H groups in total. The van der Waals surface area contributed by atoms with Crippen molar-refractivity contribution < 1.29 is 29.0 Å². The molecule has 2 aromatic carbocycles. The van der Waals surface area contributed by atoms with Crippen molar-refractivity contribution in [3.05, 3.63) is 63.8 Å². The number of aliphatic hydroxyl groups excluding tert-OH is 1. The molecule has 40 heavy (non-hydrogen) atoms. The number of carbonyl (C=O) groups is 1. The van der Waals surface area contributed by atoms with Crippen LogP contribution in [0.25, 0.3) is 0 Å². The third-order valence-corrected chi connectivity index (χ3v) is 8.39. The molecule has 2 aliphatic rings. The molecule has 1 aromatic heterocycles. The van der Waals surface area contributed by atoms with Gasteiger partial charge in [0.05, 0.1) is 42.5 Å². The largest absolute Gasteiger partial charge is 0.495 e. The van der Waals surface area contributed by atoms with Crippen molar-refractivity contribution in [1.29, 1.82) is 0 Å². The van der Waals surface area contributed by atoms with Crippen LogP contribution in [0.2, 0.25) is 5.02 Å². The zero-order valence-electron chi connectivity index (χ0n) is 22.1. The van der Waals surface area contributed by atoms with Gasteiger partial charge in [0.2, 0.25) is 5.95 Å². The quantitative estimate of drug-likeness (QED) is 0.229. The standard InChI is InChI=1S/C27H31ClN5O6P/c1-33-13-19-18(16-4-6-17(34)7-5-16)8-10-22(24(19)26(33)35)30-25-20(28)12-29-27(32-25)31-21-9-3-15(11-23(21)39-2)14-40(36,37)38/h3,8-12,16-17,34H,4-7,13-14H2,1-2H3,(H2,36,37,38)(H2,29,30,31,32). The average molecular weight is 588 g/mol. The van der Waals surface area contributed by atoms with Gasteiger partial charge >= 0.3 is 7.60 Å². The molecule has 1 amide bonds. The molecule has 0 saturated heterocycles. The normalized spacial score (nSPS) is 18.9. The maximum atomic E-state index is 13.2. The van der Waals surface area contributed by atoms with E-state index in [1.165, 1.54) is 19.4 Å². The van der Waals surface area contributed by atoms with Crippen molar-refractivity contribution in [3.8, 4) is 5.75 Å². The van der Waals surface area contributed by atoms with Crippen LogP contribution < -0.4 is 15.4 Å². The molecule has 5 rings (SSSR count). The Labute approximate surface area is 236 Å². The highest BCUT2D eigenvalue weighted by Gasteiger charge is 2.33. The molecular formula is C27H31ClN5O6P. The van der Waals surface area contributed by atoms with E-state index >= 15 is 0 Å². The number of methoxy groups -OCH3 is 1. The van der Waals surface area contributed by atoms with Crippen molar-refractivity contribution in [2.45, 2.75) is 50.4 Å². The number of carbonyl (C=O) groups excluding carboxylic acids is 1. The van der Waals surface area contributed by atoms with E-state index < -0.39 is 13.8 Å². The summed E-state index contributed by atoms with van der Waals surface area (Å²) in [6.45, 7) is 0.514. The Morgan fingerprint density at radius 1 is 1.12 bits per heavy atom. The second-order valence-corrected chi connectivity index (χ2v) is 12.3. The highest BCUT2D eigenvalue weighted by atomic mass is 35.5. The van der Waals surface area contributed by atoms with Gasteiger partial charge in [-0.25, -0.2) is 4.98 Å². The van der Waals surface area contributed by atoms with Crippen molar-refractivity contribution in [2.75, 3.05) is 24.8 Å². The van der Waals surface area contributed by atoms with Crippen LogP contribution in [0.1, 0.15) is 58.6 Å². The summed E-state index contributed by atoms with van der Waals surface area (Å²) >= 11 is 6.44. The van der Waals surface area contributed by atoms with E-state index in [4.69, 9.17) is 16.3 Å². The molecule has 11 nitrogen and oxygen atoms in total. The fourth-order valence-corrected chi connectivity index (χ4v) is 6.20. The first-order valence-electron chi connectivity index (χ1n) is 12.9. The van der Waals surface area contributed by atoms with Crippen LogP contribution in [0, 0.1) is 0 Å². The zero-order chi connectivity index (χ0) is 28.6. The predicted molar refractivity (Wildman–Crippen MR) is 152 cm³/mol. The lowest BCUT2D eigenvalue weighted by atomic mass is 9.80. The molecule has 3 aromatic rings. The monoisotopic (exact) mass is 587 g/mol. The molecule has 1 fully saturated rings. The van der Waals surface area contributed by atoms with E-state index in [0.717, 1.165) is 36.8 Å². The number of fused-ring (bicyclic) bond motifs is 1. The van der Waals surface area contributed by atoms with E-state index in [0.29, 0.717) is 46.5 Å². The molecule has 1 saturated carbocycles. The number of aliphatic hydroxyl groups is 1. The van der Waals surface area contributed by atoms with Gasteiger partial charge < -0.3 is 35.2 Å². The van der Waals surface area contributed by atoms with Crippen LogP contribution in [0.4, 0.5) is 23.1 Å². The van der Waals surface area contributed by atoms with E-state index in [-0.39, 0.29) is 23.0 Å². The topological polar surface area (TPSA) is 157 Å². The Balaban J connectivity index is 1.42. The first-order valence-corrected chi connectivity index (χ1v) is 15.1. The number of hydrogen-bond donors (Lipinski definition) is 5. The summed E-state index contributed by atoms with van der Waals surface area (Å²) in [5.41, 5.74) is 4.24. The molecule has 0 spiro atoms. The molecule has 0 atom stereocenters. The lowest BCUT2D eigenvalue weighted by Crippen LogP contribution is -2.18. The summed E-state index contributed by atoms with van der Waals surface area (Å²) in [4.78, 5) is 42.2. The van der Waals surface area contributed by atoms with E-state index in [1.54, 1.807) is 24.1 Å². The minimum absolute atomic E-state index is 0.0844. The number of aromatic nitrogens is 2. The highest BCUT2D eigenvalue weighted by Crippen LogP contribution is 2.42. The molecule has 1 aliphatic carbocycles. The number of anilines is 4. The van der Waals surface area contributed by atoms with E-state index in [9.17, 15) is 24.3 Å². The van der Waals surface area contributed by atoms with Crippen molar-refractivity contribution in [1.82, 2.24) is 14.9 Å². The van der Waals surface area contributed by atoms with Gasteiger partial charge in [0, 0.05) is 13.6 Å². The summed E-state index contributed by atoms with van der Waals surface area (Å²) in [6.07, 6.45) is 4.05. The Morgan fingerprint density at radius 3 is 2.55 bits per heavy atom. The Morgan fingerprint density at radius 2 is 1.85 bits per heavy atom. The van der Waals surface area contributed by atoms with Gasteiger partial charge in [0.25, 0.3) is 5.91 Å². The fraction of sp³-hybridized carbons (Fsp3) is 0.370. The first-order chi connectivity index (χ1) is 19.0. The Hall–Kier alpha value is -3.21. The minimum Gasteiger partial charge on any atom is -0.495 e. The molecule has 0 unspecified atom stereocenters. The van der Waals surface area contributed by atoms with Crippen LogP contribution >= 0.6 is 19.2 Å². The molecule has 0 radical (unpaired) electrons. The van der Waals surface area contributed by atoms with Crippen LogP contribution in [0.3, 0.4) is 0 Å². The van der Waals surface area contributed by atoms with Gasteiger partial charge in [0.1, 0.15) is 10.8 Å². The molecule has 2 heterocycles. The number of amides is 1. The van der Waals surface area contributed by atoms with Crippen molar-refractivity contribution in [3.63, 3.8) is 0 Å². The highest BCUT2D eigenvalue weighted by molar-refractivity contribution is 7.50. The minimum atomic E-state index is -4.23. The van der Waals surface area contributed by atoms with Crippen LogP contribution in [-0.4, -0.2) is 55.9 Å². The SMILES string of the molecule is COc1cc(CP(=O)(O)O)ccc1Nc1ncc(Cl)c(Nc2ccc(C3CCC(O)CC3)c3c2C(=O)N(C)C3)n1. The number of nitrogens with zero attached hydrogens (tertiary/aromatic N) is 3. The maximum Gasteiger partial charge on any atom is 0.329 e. The molecule has 1 aliphatic heterocycles. The number of halogens is 1. The predicted octanol–water partition coefficient (Wildman–Crippen LogP) is 4.91. The summed E-state index contributed by atoms with van der Waals surface area (Å²) in [7, 11) is -1.01. The van der Waals surface area contributed by atoms with E-state index in [1.807, 2.05) is 12.1 Å². The van der Waals surface area contributed by atoms with Crippen molar-refractivity contribution in [2.24, 2.45) is 0 Å². The van der Waals surface area contributed by atoms with Gasteiger partial charge in [-0.1, -0.05) is 23.7 Å². The molecule has 212 valence electrons. The Bertz CT molecular complexity index is 1490. The average Bonchev–Trinajstić information content (AvgIpc) is 3.21. The third kappa shape index (κ3) is 6.09. The first kappa shape index (κ1) is 28.3. The number of rotatable bonds is 8. The summed E-state index contributed by atoms with van der Waals surface area (Å²) < 4.78 is 16.8. The van der Waals surface area contributed by atoms with Crippen molar-refractivity contribution >= 4 is 48.2 Å². The number of benzene rings is 2. The zero-order valence-corrected chi connectivity index (χ0v) is 23.7. The summed E-state index contributed by atoms with van der Waals surface area (Å²) in [5.74, 6) is 1.07. The smallest absolute Gasteiger partial charge is 0.329 e. The van der Waals surface area contributed by atoms with E-state index in [2.05, 4.69) is 20.6 Å². The van der Waals surface area contributed by atoms with Gasteiger partial charge in [-0.2, -0.15) is 4.98 Å². The van der Waals surface area contributed by atoms with Crippen LogP contribution in [0.5, 0.6) is 5.75 Å². The third-order valence-electron chi connectivity index (χ3n) is 7.34. The van der Waals surface area contributed by atoms with Crippen LogP contribution in [0.15, 0.2) is 36.5 Å². The number of ether oxygens (including phenoxy) is 1. The molecule has 13 heteroatoms. The summed E-state index contributed by atoms with van der Waals surface area (Å²) in [6, 6.07) is 8.67. The van der Waals surface area contributed by atoms with Gasteiger partial charge in [-0.3, -0.25) is 9.36 Å².